The topological polar surface area (TPSA) is 12.0 Å². The van der Waals surface area contributed by atoms with E-state index < -0.39 is 11.6 Å². The molecule has 21 heavy (non-hydrogen) atoms. The fraction of sp³-hybridized carbons (Fsp3) is 0.250. The Balaban J connectivity index is 2.17. The van der Waals surface area contributed by atoms with Gasteiger partial charge in [-0.15, -0.1) is 0 Å². The molecule has 2 aromatic rings. The number of benzene rings is 2. The predicted molar refractivity (Wildman–Crippen MR) is 83.1 cm³/mol. The predicted octanol–water partition coefficient (Wildman–Crippen LogP) is 4.64. The van der Waals surface area contributed by atoms with Crippen LogP contribution in [0.5, 0.6) is 0 Å². The van der Waals surface area contributed by atoms with E-state index in [2.05, 4.69) is 5.32 Å². The standard InChI is InChI=1S/C16H15Cl2F2N/c1-21-12(8-10-4-2-6-13(17)15(10)19)9-11-5-3-7-14(18)16(11)20/h2-7,12,21H,8-9H2,1H3. The quantitative estimate of drug-likeness (QED) is 0.842. The van der Waals surface area contributed by atoms with Crippen LogP contribution in [0, 0.1) is 11.6 Å². The van der Waals surface area contributed by atoms with Crippen LogP contribution >= 0.6 is 23.2 Å². The van der Waals surface area contributed by atoms with Gasteiger partial charge in [0.1, 0.15) is 11.6 Å². The van der Waals surface area contributed by atoms with E-state index in [1.165, 1.54) is 12.1 Å². The van der Waals surface area contributed by atoms with Crippen molar-refractivity contribution in [1.29, 1.82) is 0 Å². The summed E-state index contributed by atoms with van der Waals surface area (Å²) >= 11 is 11.5. The van der Waals surface area contributed by atoms with Gasteiger partial charge in [-0.25, -0.2) is 8.78 Å². The summed E-state index contributed by atoms with van der Waals surface area (Å²) in [5.74, 6) is -0.850. The van der Waals surface area contributed by atoms with Crippen LogP contribution < -0.4 is 5.32 Å². The van der Waals surface area contributed by atoms with Crippen LogP contribution in [-0.4, -0.2) is 13.1 Å². The van der Waals surface area contributed by atoms with Gasteiger partial charge in [-0.2, -0.15) is 0 Å². The highest BCUT2D eigenvalue weighted by Gasteiger charge is 2.16. The van der Waals surface area contributed by atoms with Gasteiger partial charge in [-0.05, 0) is 43.1 Å². The second-order valence-electron chi connectivity index (χ2n) is 4.82. The van der Waals surface area contributed by atoms with Gasteiger partial charge in [0.15, 0.2) is 0 Å². The van der Waals surface area contributed by atoms with Crippen LogP contribution in [0.2, 0.25) is 10.0 Å². The van der Waals surface area contributed by atoms with E-state index in [1.807, 2.05) is 0 Å². The fourth-order valence-electron chi connectivity index (χ4n) is 2.22. The molecule has 0 aliphatic carbocycles. The average Bonchev–Trinajstić information content (AvgIpc) is 2.47. The molecule has 0 aliphatic rings. The summed E-state index contributed by atoms with van der Waals surface area (Å²) in [4.78, 5) is 0. The highest BCUT2D eigenvalue weighted by molar-refractivity contribution is 6.31. The van der Waals surface area contributed by atoms with E-state index in [9.17, 15) is 8.78 Å². The van der Waals surface area contributed by atoms with Gasteiger partial charge in [0.25, 0.3) is 0 Å². The molecule has 0 saturated heterocycles. The van der Waals surface area contributed by atoms with Crippen LogP contribution in [0.1, 0.15) is 11.1 Å². The van der Waals surface area contributed by atoms with Gasteiger partial charge in [-0.1, -0.05) is 47.5 Å². The molecule has 112 valence electrons. The monoisotopic (exact) mass is 329 g/mol. The summed E-state index contributed by atoms with van der Waals surface area (Å²) in [5, 5.41) is 3.26. The van der Waals surface area contributed by atoms with Crippen LogP contribution in [0.4, 0.5) is 8.78 Å². The van der Waals surface area contributed by atoms with Crippen LogP contribution in [0.3, 0.4) is 0 Å². The van der Waals surface area contributed by atoms with E-state index in [1.54, 1.807) is 31.3 Å². The van der Waals surface area contributed by atoms with Gasteiger partial charge in [0.2, 0.25) is 0 Å². The third-order valence-corrected chi connectivity index (χ3v) is 3.99. The molecule has 0 aromatic heterocycles. The molecular formula is C16H15Cl2F2N. The molecule has 2 rings (SSSR count). The number of nitrogens with one attached hydrogen (secondary N) is 1. The Labute approximate surface area is 132 Å². The smallest absolute Gasteiger partial charge is 0.145 e. The van der Waals surface area contributed by atoms with Gasteiger partial charge in [-0.3, -0.25) is 0 Å². The Bertz CT molecular complexity index is 578. The average molecular weight is 330 g/mol. The molecule has 5 heteroatoms. The van der Waals surface area contributed by atoms with E-state index in [0.29, 0.717) is 24.0 Å². The van der Waals surface area contributed by atoms with E-state index in [-0.39, 0.29) is 16.1 Å². The third-order valence-electron chi connectivity index (χ3n) is 3.40. The molecule has 0 amide bonds. The van der Waals surface area contributed by atoms with Gasteiger partial charge >= 0.3 is 0 Å². The second-order valence-corrected chi connectivity index (χ2v) is 5.63. The first kappa shape index (κ1) is 16.2. The molecule has 0 unspecified atom stereocenters. The zero-order valence-electron chi connectivity index (χ0n) is 11.5. The molecule has 0 aliphatic heterocycles. The van der Waals surface area contributed by atoms with Crippen molar-refractivity contribution in [3.8, 4) is 0 Å². The second kappa shape index (κ2) is 7.21. The Hall–Kier alpha value is -1.16. The minimum Gasteiger partial charge on any atom is -0.316 e. The van der Waals surface area contributed by atoms with Crippen LogP contribution in [0.25, 0.3) is 0 Å². The lowest BCUT2D eigenvalue weighted by Gasteiger charge is -2.17. The largest absolute Gasteiger partial charge is 0.316 e. The minimum atomic E-state index is -0.425. The Kier molecular flexibility index (Phi) is 5.57. The van der Waals surface area contributed by atoms with Gasteiger partial charge < -0.3 is 5.32 Å². The SMILES string of the molecule is CNC(Cc1cccc(Cl)c1F)Cc1cccc(Cl)c1F. The molecule has 0 radical (unpaired) electrons. The summed E-state index contributed by atoms with van der Waals surface area (Å²) < 4.78 is 27.9. The maximum Gasteiger partial charge on any atom is 0.145 e. The molecular weight excluding hydrogens is 315 g/mol. The highest BCUT2D eigenvalue weighted by Crippen LogP contribution is 2.22. The summed E-state index contributed by atoms with van der Waals surface area (Å²) in [6.07, 6.45) is 0.823. The third kappa shape index (κ3) is 3.94. The molecule has 0 saturated carbocycles. The van der Waals surface area contributed by atoms with E-state index in [0.717, 1.165) is 0 Å². The first-order valence-electron chi connectivity index (χ1n) is 6.56. The molecule has 0 atom stereocenters. The molecule has 2 aromatic carbocycles. The number of halogens is 4. The van der Waals surface area contributed by atoms with Crippen molar-refractivity contribution in [3.05, 3.63) is 69.2 Å². The maximum atomic E-state index is 13.9. The molecule has 0 fully saturated rings. The van der Waals surface area contributed by atoms with Gasteiger partial charge in [0, 0.05) is 6.04 Å². The Morgan fingerprint density at radius 2 is 1.33 bits per heavy atom. The van der Waals surface area contributed by atoms with Gasteiger partial charge in [0.05, 0.1) is 10.0 Å². The van der Waals surface area contributed by atoms with Crippen molar-refractivity contribution in [2.45, 2.75) is 18.9 Å². The number of hydrogen-bond acceptors (Lipinski definition) is 1. The Morgan fingerprint density at radius 3 is 1.71 bits per heavy atom. The summed E-state index contributed by atoms with van der Waals surface area (Å²) in [6, 6.07) is 9.66. The normalized spacial score (nSPS) is 11.1. The van der Waals surface area contributed by atoms with E-state index >= 15 is 0 Å². The first-order chi connectivity index (χ1) is 10.0. The lowest BCUT2D eigenvalue weighted by atomic mass is 9.98. The van der Waals surface area contributed by atoms with Crippen LogP contribution in [-0.2, 0) is 12.8 Å². The maximum absolute atomic E-state index is 13.9. The van der Waals surface area contributed by atoms with Crippen molar-refractivity contribution in [3.63, 3.8) is 0 Å². The summed E-state index contributed by atoms with van der Waals surface area (Å²) in [5.41, 5.74) is 1.01. The lowest BCUT2D eigenvalue weighted by Crippen LogP contribution is -2.30. The van der Waals surface area contributed by atoms with Crippen LogP contribution in [0.15, 0.2) is 36.4 Å². The molecule has 0 heterocycles. The Morgan fingerprint density at radius 1 is 0.905 bits per heavy atom. The van der Waals surface area contributed by atoms with Crippen molar-refractivity contribution >= 4 is 23.2 Å². The molecule has 1 nitrogen and oxygen atoms in total. The number of likely N-dealkylation sites (N-methyl/N-ethyl adjacent to an activating group) is 1. The van der Waals surface area contributed by atoms with Crippen molar-refractivity contribution < 1.29 is 8.78 Å². The van der Waals surface area contributed by atoms with Crippen molar-refractivity contribution in [2.24, 2.45) is 0 Å². The molecule has 0 spiro atoms. The lowest BCUT2D eigenvalue weighted by molar-refractivity contribution is 0.517. The number of hydrogen-bond donors (Lipinski definition) is 1. The molecule has 0 bridgehead atoms. The first-order valence-corrected chi connectivity index (χ1v) is 7.31. The molecule has 1 N–H and O–H groups in total. The zero-order valence-corrected chi connectivity index (χ0v) is 13.0. The summed E-state index contributed by atoms with van der Waals surface area (Å²) in [6.45, 7) is 0. The minimum absolute atomic E-state index is 0.0938. The highest BCUT2D eigenvalue weighted by atomic mass is 35.5. The van der Waals surface area contributed by atoms with E-state index in [4.69, 9.17) is 23.2 Å². The van der Waals surface area contributed by atoms with Crippen molar-refractivity contribution in [2.75, 3.05) is 7.05 Å². The zero-order chi connectivity index (χ0) is 15.4. The number of rotatable bonds is 5. The van der Waals surface area contributed by atoms with Crippen molar-refractivity contribution in [1.82, 2.24) is 5.32 Å². The summed E-state index contributed by atoms with van der Waals surface area (Å²) in [7, 11) is 1.76. The fourth-order valence-corrected chi connectivity index (χ4v) is 2.61.